The number of aromatic nitrogens is 1. The Morgan fingerprint density at radius 2 is 2.15 bits per heavy atom. The van der Waals surface area contributed by atoms with Crippen LogP contribution in [0.2, 0.25) is 0 Å². The molecule has 1 aromatic heterocycles. The van der Waals surface area contributed by atoms with Gasteiger partial charge in [-0.25, -0.2) is 0 Å². The summed E-state index contributed by atoms with van der Waals surface area (Å²) in [6.45, 7) is 6.60. The molecule has 0 saturated carbocycles. The highest BCUT2D eigenvalue weighted by Gasteiger charge is 2.45. The summed E-state index contributed by atoms with van der Waals surface area (Å²) in [4.78, 5) is 14.5. The van der Waals surface area contributed by atoms with Crippen LogP contribution in [0.25, 0.3) is 0 Å². The average molecular weight is 277 g/mol. The van der Waals surface area contributed by atoms with E-state index in [-0.39, 0.29) is 11.4 Å². The van der Waals surface area contributed by atoms with Gasteiger partial charge in [0.1, 0.15) is 5.76 Å². The van der Waals surface area contributed by atoms with Gasteiger partial charge >= 0.3 is 0 Å². The number of aryl methyl sites for hydroxylation is 2. The number of nitrogens with one attached hydrogen (secondary N) is 1. The molecule has 1 unspecified atom stereocenters. The van der Waals surface area contributed by atoms with Gasteiger partial charge in [-0.2, -0.15) is 0 Å². The zero-order chi connectivity index (χ0) is 14.2. The lowest BCUT2D eigenvalue weighted by molar-refractivity contribution is -0.132. The van der Waals surface area contributed by atoms with Crippen molar-refractivity contribution in [2.45, 2.75) is 58.0 Å². The van der Waals surface area contributed by atoms with E-state index in [1.807, 2.05) is 13.8 Å². The van der Waals surface area contributed by atoms with Crippen molar-refractivity contribution in [2.24, 2.45) is 0 Å². The van der Waals surface area contributed by atoms with Gasteiger partial charge in [0.15, 0.2) is 0 Å². The number of carbonyl (C=O) groups is 1. The molecule has 1 amide bonds. The maximum absolute atomic E-state index is 12.4. The van der Waals surface area contributed by atoms with E-state index in [1.165, 1.54) is 0 Å². The van der Waals surface area contributed by atoms with Gasteiger partial charge in [-0.1, -0.05) is 5.16 Å². The molecule has 1 N–H and O–H groups in total. The largest absolute Gasteiger partial charge is 0.361 e. The van der Waals surface area contributed by atoms with Gasteiger partial charge in [0.05, 0.1) is 12.2 Å². The van der Waals surface area contributed by atoms with Crippen molar-refractivity contribution < 1.29 is 9.32 Å². The Morgan fingerprint density at radius 1 is 1.30 bits per heavy atom. The van der Waals surface area contributed by atoms with Crippen LogP contribution < -0.4 is 5.32 Å². The van der Waals surface area contributed by atoms with E-state index in [9.17, 15) is 4.79 Å². The standard InChI is InChI=1S/C15H23N3O2/c1-11-13(12(2)20-17-11)10-18-14(19)4-6-15(18)5-3-8-16-9-7-15/h16H,3-10H2,1-2H3. The number of hydrogen-bond donors (Lipinski definition) is 1. The van der Waals surface area contributed by atoms with Crippen LogP contribution in [0.4, 0.5) is 0 Å². The Bertz CT molecular complexity index is 482. The van der Waals surface area contributed by atoms with Crippen molar-refractivity contribution in [3.8, 4) is 0 Å². The number of nitrogens with zero attached hydrogens (tertiary/aromatic N) is 2. The monoisotopic (exact) mass is 277 g/mol. The second kappa shape index (κ2) is 5.20. The number of carbonyl (C=O) groups excluding carboxylic acids is 1. The lowest BCUT2D eigenvalue weighted by Gasteiger charge is -2.38. The average Bonchev–Trinajstić information content (AvgIpc) is 2.80. The van der Waals surface area contributed by atoms with Crippen LogP contribution in [0.5, 0.6) is 0 Å². The summed E-state index contributed by atoms with van der Waals surface area (Å²) in [7, 11) is 0. The fourth-order valence-electron chi connectivity index (χ4n) is 3.65. The predicted molar refractivity (Wildman–Crippen MR) is 75.2 cm³/mol. The zero-order valence-corrected chi connectivity index (χ0v) is 12.4. The fourth-order valence-corrected chi connectivity index (χ4v) is 3.65. The topological polar surface area (TPSA) is 58.4 Å². The van der Waals surface area contributed by atoms with Gasteiger partial charge in [-0.15, -0.1) is 0 Å². The van der Waals surface area contributed by atoms with E-state index >= 15 is 0 Å². The van der Waals surface area contributed by atoms with Gasteiger partial charge in [-0.3, -0.25) is 4.79 Å². The first-order valence-corrected chi connectivity index (χ1v) is 7.55. The minimum atomic E-state index is 0.0523. The van der Waals surface area contributed by atoms with Crippen LogP contribution in [-0.4, -0.2) is 34.6 Å². The third-order valence-electron chi connectivity index (χ3n) is 4.94. The Morgan fingerprint density at radius 3 is 2.90 bits per heavy atom. The fraction of sp³-hybridized carbons (Fsp3) is 0.733. The van der Waals surface area contributed by atoms with Gasteiger partial charge in [0.2, 0.25) is 5.91 Å². The quantitative estimate of drug-likeness (QED) is 0.897. The maximum Gasteiger partial charge on any atom is 0.223 e. The van der Waals surface area contributed by atoms with Crippen LogP contribution in [0.3, 0.4) is 0 Å². The highest BCUT2D eigenvalue weighted by molar-refractivity contribution is 5.79. The number of rotatable bonds is 2. The third-order valence-corrected chi connectivity index (χ3v) is 4.94. The van der Waals surface area contributed by atoms with Gasteiger partial charge in [-0.05, 0) is 52.6 Å². The molecule has 0 aromatic carbocycles. The minimum Gasteiger partial charge on any atom is -0.361 e. The number of likely N-dealkylation sites (tertiary alicyclic amines) is 1. The smallest absolute Gasteiger partial charge is 0.223 e. The van der Waals surface area contributed by atoms with Gasteiger partial charge in [0, 0.05) is 17.5 Å². The van der Waals surface area contributed by atoms with Crippen molar-refractivity contribution in [1.82, 2.24) is 15.4 Å². The molecule has 2 fully saturated rings. The number of amides is 1. The lowest BCUT2D eigenvalue weighted by atomic mass is 9.87. The Labute approximate surface area is 119 Å². The van der Waals surface area contributed by atoms with E-state index in [0.29, 0.717) is 13.0 Å². The number of hydrogen-bond acceptors (Lipinski definition) is 4. The summed E-state index contributed by atoms with van der Waals surface area (Å²) in [6, 6.07) is 0. The molecule has 2 saturated heterocycles. The van der Waals surface area contributed by atoms with E-state index < -0.39 is 0 Å². The molecule has 3 heterocycles. The van der Waals surface area contributed by atoms with Crippen LogP contribution in [-0.2, 0) is 11.3 Å². The van der Waals surface area contributed by atoms with Crippen molar-refractivity contribution in [3.05, 3.63) is 17.0 Å². The minimum absolute atomic E-state index is 0.0523. The van der Waals surface area contributed by atoms with Gasteiger partial charge in [0.25, 0.3) is 0 Å². The second-order valence-electron chi connectivity index (χ2n) is 6.11. The molecular formula is C15H23N3O2. The summed E-state index contributed by atoms with van der Waals surface area (Å²) in [5, 5.41) is 7.46. The highest BCUT2D eigenvalue weighted by Crippen LogP contribution is 2.39. The van der Waals surface area contributed by atoms with Crippen molar-refractivity contribution in [3.63, 3.8) is 0 Å². The van der Waals surface area contributed by atoms with Gasteiger partial charge < -0.3 is 14.7 Å². The Balaban J connectivity index is 1.87. The normalized spacial score (nSPS) is 27.3. The molecule has 3 rings (SSSR count). The molecule has 1 atom stereocenters. The van der Waals surface area contributed by atoms with Crippen LogP contribution in [0, 0.1) is 13.8 Å². The molecule has 0 bridgehead atoms. The van der Waals surface area contributed by atoms with Crippen molar-refractivity contribution in [1.29, 1.82) is 0 Å². The molecule has 20 heavy (non-hydrogen) atoms. The molecule has 5 nitrogen and oxygen atoms in total. The molecular weight excluding hydrogens is 254 g/mol. The maximum atomic E-state index is 12.4. The first-order chi connectivity index (χ1) is 9.62. The first kappa shape index (κ1) is 13.6. The van der Waals surface area contributed by atoms with Crippen LogP contribution in [0.1, 0.15) is 49.1 Å². The van der Waals surface area contributed by atoms with Crippen LogP contribution >= 0.6 is 0 Å². The molecule has 0 aliphatic carbocycles. The van der Waals surface area contributed by atoms with Crippen molar-refractivity contribution in [2.75, 3.05) is 13.1 Å². The zero-order valence-electron chi connectivity index (χ0n) is 12.4. The summed E-state index contributed by atoms with van der Waals surface area (Å²) in [5.74, 6) is 1.12. The summed E-state index contributed by atoms with van der Waals surface area (Å²) in [5.41, 5.74) is 2.04. The summed E-state index contributed by atoms with van der Waals surface area (Å²) >= 11 is 0. The first-order valence-electron chi connectivity index (χ1n) is 7.55. The van der Waals surface area contributed by atoms with Crippen molar-refractivity contribution >= 4 is 5.91 Å². The molecule has 5 heteroatoms. The highest BCUT2D eigenvalue weighted by atomic mass is 16.5. The second-order valence-corrected chi connectivity index (χ2v) is 6.11. The molecule has 1 aromatic rings. The molecule has 110 valence electrons. The summed E-state index contributed by atoms with van der Waals surface area (Å²) in [6.07, 6.45) is 4.99. The van der Waals surface area contributed by atoms with E-state index in [2.05, 4.69) is 15.4 Å². The van der Waals surface area contributed by atoms with Crippen LogP contribution in [0.15, 0.2) is 4.52 Å². The van der Waals surface area contributed by atoms with E-state index in [1.54, 1.807) is 0 Å². The molecule has 0 radical (unpaired) electrons. The molecule has 1 spiro atoms. The van der Waals surface area contributed by atoms with E-state index in [4.69, 9.17) is 4.52 Å². The molecule has 2 aliphatic rings. The summed E-state index contributed by atoms with van der Waals surface area (Å²) < 4.78 is 5.24. The lowest BCUT2D eigenvalue weighted by Crippen LogP contribution is -2.45. The molecule has 2 aliphatic heterocycles. The SMILES string of the molecule is Cc1noc(C)c1CN1C(=O)CCC12CCCNCC2. The predicted octanol–water partition coefficient (Wildman–Crippen LogP) is 1.93. The Kier molecular flexibility index (Phi) is 3.54. The third kappa shape index (κ3) is 2.24. The Hall–Kier alpha value is -1.36. The van der Waals surface area contributed by atoms with E-state index in [0.717, 1.165) is 55.8 Å².